The number of aliphatic hydroxyl groups is 6. The van der Waals surface area contributed by atoms with E-state index in [9.17, 15) is 70.2 Å². The molecule has 0 saturated carbocycles. The van der Waals surface area contributed by atoms with Gasteiger partial charge in [0.05, 0.1) is 0 Å². The summed E-state index contributed by atoms with van der Waals surface area (Å²) >= 11 is -7.45. The zero-order chi connectivity index (χ0) is 41.6. The fourth-order valence-corrected chi connectivity index (χ4v) is 39.5. The van der Waals surface area contributed by atoms with Crippen molar-refractivity contribution < 1.29 is 109 Å². The molecule has 7 rings (SSSR count). The van der Waals surface area contributed by atoms with Crippen molar-refractivity contribution in [2.75, 3.05) is -0.309 Å². The van der Waals surface area contributed by atoms with Gasteiger partial charge in [-0.1, -0.05) is 0 Å². The van der Waals surface area contributed by atoms with Crippen LogP contribution in [0.15, 0.2) is 89.2 Å². The van der Waals surface area contributed by atoms with Crippen molar-refractivity contribution in [3.63, 3.8) is 0 Å². The molecule has 8 nitrogen and oxygen atoms in total. The Balaban J connectivity index is 1.87. The third-order valence-corrected chi connectivity index (χ3v) is 35.8. The van der Waals surface area contributed by atoms with Gasteiger partial charge < -0.3 is 0 Å². The Labute approximate surface area is 333 Å². The third-order valence-electron chi connectivity index (χ3n) is 10.3. The van der Waals surface area contributed by atoms with Crippen LogP contribution in [0.3, 0.4) is 0 Å². The predicted molar refractivity (Wildman–Crippen MR) is 193 cm³/mol. The first kappa shape index (κ1) is 43.0. The van der Waals surface area contributed by atoms with E-state index in [-0.39, 0.29) is 21.8 Å². The number of rotatable bonds is 12. The van der Waals surface area contributed by atoms with E-state index in [1.807, 2.05) is 0 Å². The van der Waals surface area contributed by atoms with Gasteiger partial charge in [0.15, 0.2) is 0 Å². The Bertz CT molecular complexity index is 2090. The van der Waals surface area contributed by atoms with Gasteiger partial charge in [0.2, 0.25) is 0 Å². The molecule has 0 aliphatic carbocycles. The normalized spacial score (nSPS) is 22.5. The third kappa shape index (κ3) is 5.74. The van der Waals surface area contributed by atoms with Crippen molar-refractivity contribution in [2.45, 2.75) is 56.1 Å². The maximum atomic E-state index is 14.9. The van der Waals surface area contributed by atoms with Crippen molar-refractivity contribution in [1.82, 2.24) is 0 Å². The van der Waals surface area contributed by atoms with Crippen LogP contribution in [0, 0.1) is 38.4 Å². The summed E-state index contributed by atoms with van der Waals surface area (Å²) in [7, 11) is 0. The molecular formula is C36H32EuF9N2O6S3. The Morgan fingerprint density at radius 3 is 1.05 bits per heavy atom. The molecule has 3 aliphatic rings. The number of aliphatic hydroxyl groups excluding tert-OH is 3. The van der Waals surface area contributed by atoms with Crippen LogP contribution >= 0.6 is 34.0 Å². The minimum atomic E-state index is -8.99. The molecule has 0 spiro atoms. The summed E-state index contributed by atoms with van der Waals surface area (Å²) in [6, 6.07) is 9.77. The van der Waals surface area contributed by atoms with Crippen LogP contribution in [0.2, 0.25) is 0 Å². The van der Waals surface area contributed by atoms with E-state index in [4.69, 9.17) is 0 Å². The molecule has 6 N–H and O–H groups in total. The molecule has 0 bridgehead atoms. The molecule has 4 aromatic rings. The number of nitrogens with zero attached hydrogens (tertiary/aromatic N) is 2. The van der Waals surface area contributed by atoms with E-state index < -0.39 is 109 Å². The first-order valence-corrected chi connectivity index (χ1v) is 25.1. The topological polar surface area (TPSA) is 128 Å². The summed E-state index contributed by atoms with van der Waals surface area (Å²) in [5, 5.41) is 80.2. The molecule has 310 valence electrons. The van der Waals surface area contributed by atoms with Gasteiger partial charge in [-0.3, -0.25) is 0 Å². The molecular weight excluding hydrogens is 976 g/mol. The van der Waals surface area contributed by atoms with E-state index in [1.165, 1.54) is 70.8 Å². The van der Waals surface area contributed by atoms with E-state index >= 15 is 0 Å². The Morgan fingerprint density at radius 1 is 0.509 bits per heavy atom. The molecule has 0 fully saturated rings. The fraction of sp³-hybridized carbons (Fsp3) is 0.333. The summed E-state index contributed by atoms with van der Waals surface area (Å²) in [6.07, 6.45) is -26.0. The van der Waals surface area contributed by atoms with E-state index in [0.29, 0.717) is 34.0 Å². The molecule has 0 radical (unpaired) electrons. The number of hydrogen-bond donors (Lipinski definition) is 6. The van der Waals surface area contributed by atoms with Crippen LogP contribution in [0.1, 0.15) is 33.9 Å². The summed E-state index contributed by atoms with van der Waals surface area (Å²) in [6.45, 7) is 0. The van der Waals surface area contributed by atoms with Gasteiger partial charge in [0.25, 0.3) is 0 Å². The number of allylic oxidation sites excluding steroid dienone is 2. The second-order valence-electron chi connectivity index (χ2n) is 13.4. The van der Waals surface area contributed by atoms with Crippen LogP contribution < -0.4 is 10.1 Å². The van der Waals surface area contributed by atoms with Crippen molar-refractivity contribution in [3.8, 4) is 0 Å². The fourth-order valence-electron chi connectivity index (χ4n) is 8.11. The number of benzene rings is 1. The van der Waals surface area contributed by atoms with Crippen molar-refractivity contribution in [2.24, 2.45) is 0 Å². The van der Waals surface area contributed by atoms with Gasteiger partial charge in [-0.2, -0.15) is 0 Å². The average Bonchev–Trinajstić information content (AvgIpc) is 3.97. The first-order valence-electron chi connectivity index (χ1n) is 16.7. The van der Waals surface area contributed by atoms with Gasteiger partial charge in [-0.05, 0) is 0 Å². The second kappa shape index (κ2) is 14.2. The van der Waals surface area contributed by atoms with Gasteiger partial charge in [-0.25, -0.2) is 0 Å². The monoisotopic (exact) mass is 1010 g/mol. The summed E-state index contributed by atoms with van der Waals surface area (Å²) in [4.78, 5) is -1.78. The second-order valence-corrected chi connectivity index (χ2v) is 30.2. The van der Waals surface area contributed by atoms with Crippen LogP contribution in [0.4, 0.5) is 50.9 Å². The minimum absolute atomic E-state index is 0.123. The van der Waals surface area contributed by atoms with Crippen LogP contribution in [0.25, 0.3) is 12.2 Å². The molecule has 0 amide bonds. The zero-order valence-electron chi connectivity index (χ0n) is 28.8. The predicted octanol–water partition coefficient (Wildman–Crippen LogP) is 6.11. The van der Waals surface area contributed by atoms with Gasteiger partial charge >= 0.3 is 336 Å². The van der Waals surface area contributed by atoms with E-state index in [1.54, 1.807) is 0 Å². The molecule has 6 atom stereocenters. The Morgan fingerprint density at radius 2 is 0.807 bits per heavy atom. The van der Waals surface area contributed by atoms with Crippen molar-refractivity contribution >= 4 is 57.5 Å². The number of hydrogen-bond acceptors (Lipinski definition) is 11. The van der Waals surface area contributed by atoms with E-state index in [2.05, 4.69) is 0 Å². The Kier molecular flexibility index (Phi) is 10.7. The average molecular weight is 1010 g/mol. The standard InChI is InChI=1S/C12H8N2.3C8H8F3O2S.Eu/c1-3-9-5-6-10-4-2-8-14-12(10)11(9)13-7-1;3*9-8(10,11)7(13)4-5(12)6-2-1-3-14-6;/h1-8H;3*1-3,7,12-13H,4H2;/q-2;;;;+2. The molecule has 3 aliphatic heterocycles. The molecule has 1 aromatic carbocycles. The summed E-state index contributed by atoms with van der Waals surface area (Å²) in [5.41, 5.74) is -0.246. The van der Waals surface area contributed by atoms with Gasteiger partial charge in [-0.15, -0.1) is 0 Å². The van der Waals surface area contributed by atoms with Crippen LogP contribution in [-0.4, -0.2) is 67.5 Å². The number of halogens is 9. The molecule has 57 heavy (non-hydrogen) atoms. The van der Waals surface area contributed by atoms with Crippen LogP contribution in [-0.2, 0) is -0.0143 Å². The molecule has 21 heteroatoms. The maximum absolute atomic E-state index is 14.9. The molecule has 3 aromatic heterocycles. The van der Waals surface area contributed by atoms with Crippen molar-refractivity contribution in [3.05, 3.63) is 114 Å². The van der Waals surface area contributed by atoms with Gasteiger partial charge in [0.1, 0.15) is 0 Å². The van der Waals surface area contributed by atoms with Crippen LogP contribution in [0.5, 0.6) is 0 Å². The number of thiophene rings is 3. The molecule has 6 heterocycles. The summed E-state index contributed by atoms with van der Waals surface area (Å²) < 4.78 is 125. The first-order chi connectivity index (χ1) is 26.5. The zero-order valence-corrected chi connectivity index (χ0v) is 33.6. The molecule has 6 unspecified atom stereocenters. The summed E-state index contributed by atoms with van der Waals surface area (Å²) in [5.74, 6) is 0. The van der Waals surface area contributed by atoms with Gasteiger partial charge in [0, 0.05) is 0 Å². The van der Waals surface area contributed by atoms with Crippen molar-refractivity contribution in [1.29, 1.82) is 0 Å². The Hall–Kier alpha value is -2.15. The quantitative estimate of drug-likeness (QED) is 0.0941. The molecule has 0 saturated heterocycles. The van der Waals surface area contributed by atoms with E-state index in [0.717, 1.165) is 30.3 Å². The number of alkyl halides is 9. The number of anilines is 2. The SMILES string of the molecule is OC(C[C](O)(c1cccs1)[Eu]1([C](O)(CC(O)C(F)(F)F)c2cccs2)([C](O)(CC(O)C(F)(F)F)c2cccs2)[N]2C=CC=c3ccc4c(c32)[N]1C=CC=4)C(F)(F)F.